The molecule has 1 aliphatic heterocycles. The van der Waals surface area contributed by atoms with Crippen LogP contribution in [-0.4, -0.2) is 32.9 Å². The Balaban J connectivity index is 1.69. The molecule has 0 aliphatic carbocycles. The molecule has 0 saturated heterocycles. The molecule has 2 aromatic carbocycles. The number of benzene rings is 2. The van der Waals surface area contributed by atoms with Gasteiger partial charge in [0.1, 0.15) is 23.5 Å². The molecule has 7 heteroatoms. The SMILES string of the molecule is CC1(C)Oc2c(nc(C#N)n(Cc3ccccc3)c2=N)C(NCCc2ccccc2)C1O. The molecular formula is C25H27N5O2. The molecular weight excluding hydrogens is 402 g/mol. The van der Waals surface area contributed by atoms with Crippen LogP contribution in [0.2, 0.25) is 0 Å². The van der Waals surface area contributed by atoms with Crippen LogP contribution in [0.3, 0.4) is 0 Å². The van der Waals surface area contributed by atoms with E-state index in [4.69, 9.17) is 10.1 Å². The van der Waals surface area contributed by atoms with Crippen molar-refractivity contribution < 1.29 is 9.84 Å². The van der Waals surface area contributed by atoms with Gasteiger partial charge < -0.3 is 15.2 Å². The van der Waals surface area contributed by atoms with Crippen molar-refractivity contribution in [3.8, 4) is 11.8 Å². The van der Waals surface area contributed by atoms with Crippen molar-refractivity contribution in [3.63, 3.8) is 0 Å². The summed E-state index contributed by atoms with van der Waals surface area (Å²) in [5.41, 5.74) is 1.69. The Morgan fingerprint density at radius 2 is 1.75 bits per heavy atom. The van der Waals surface area contributed by atoms with E-state index in [0.717, 1.165) is 12.0 Å². The molecule has 0 saturated carbocycles. The number of nitrogens with one attached hydrogen (secondary N) is 2. The summed E-state index contributed by atoms with van der Waals surface area (Å²) in [6, 6.07) is 21.3. The highest BCUT2D eigenvalue weighted by atomic mass is 16.5. The van der Waals surface area contributed by atoms with Crippen LogP contribution in [0.1, 0.15) is 42.5 Å². The Labute approximate surface area is 187 Å². The minimum absolute atomic E-state index is 0.0743. The van der Waals surface area contributed by atoms with E-state index >= 15 is 0 Å². The molecule has 164 valence electrons. The lowest BCUT2D eigenvalue weighted by Gasteiger charge is -2.41. The summed E-state index contributed by atoms with van der Waals surface area (Å²) in [5, 5.41) is 33.0. The maximum absolute atomic E-state index is 11.0. The van der Waals surface area contributed by atoms with E-state index in [9.17, 15) is 10.4 Å². The molecule has 0 amide bonds. The number of nitriles is 1. The van der Waals surface area contributed by atoms with Crippen LogP contribution in [0.5, 0.6) is 5.75 Å². The quantitative estimate of drug-likeness (QED) is 0.559. The van der Waals surface area contributed by atoms with Crippen LogP contribution in [0.4, 0.5) is 0 Å². The lowest BCUT2D eigenvalue weighted by atomic mass is 9.89. The Kier molecular flexibility index (Phi) is 6.08. The van der Waals surface area contributed by atoms with Gasteiger partial charge in [0, 0.05) is 0 Å². The first-order valence-electron chi connectivity index (χ1n) is 10.7. The molecule has 1 aliphatic rings. The van der Waals surface area contributed by atoms with Gasteiger partial charge in [0.05, 0.1) is 12.6 Å². The molecule has 2 unspecified atom stereocenters. The predicted octanol–water partition coefficient (Wildman–Crippen LogP) is 2.69. The van der Waals surface area contributed by atoms with Gasteiger partial charge in [0.15, 0.2) is 11.2 Å². The molecule has 7 nitrogen and oxygen atoms in total. The number of fused-ring (bicyclic) bond motifs is 1. The fraction of sp³-hybridized carbons (Fsp3) is 0.320. The summed E-state index contributed by atoms with van der Waals surface area (Å²) in [6.07, 6.45) is -0.116. The third-order valence-electron chi connectivity index (χ3n) is 5.79. The average Bonchev–Trinajstić information content (AvgIpc) is 2.80. The van der Waals surface area contributed by atoms with Gasteiger partial charge in [-0.05, 0) is 37.9 Å². The number of aliphatic hydroxyl groups is 1. The van der Waals surface area contributed by atoms with E-state index in [2.05, 4.69) is 28.5 Å². The Hall–Kier alpha value is -3.47. The van der Waals surface area contributed by atoms with Gasteiger partial charge in [-0.15, -0.1) is 0 Å². The fourth-order valence-electron chi connectivity index (χ4n) is 3.99. The molecule has 2 heterocycles. The molecule has 3 aromatic rings. The maximum atomic E-state index is 11.0. The van der Waals surface area contributed by atoms with E-state index in [1.54, 1.807) is 18.4 Å². The Morgan fingerprint density at radius 3 is 2.38 bits per heavy atom. The Bertz CT molecular complexity index is 1180. The minimum Gasteiger partial charge on any atom is -0.479 e. The molecule has 2 atom stereocenters. The molecule has 0 radical (unpaired) electrons. The standard InChI is InChI=1S/C25H27N5O2/c1-25(2)23(31)21(28-14-13-17-9-5-3-6-10-17)20-22(32-25)24(27)30(19(15-26)29-20)16-18-11-7-4-8-12-18/h3-12,21,23,27-28,31H,13-14,16H2,1-2H3. The van der Waals surface area contributed by atoms with Crippen molar-refractivity contribution in [1.29, 1.82) is 10.7 Å². The van der Waals surface area contributed by atoms with Crippen molar-refractivity contribution in [1.82, 2.24) is 14.9 Å². The highest BCUT2D eigenvalue weighted by molar-refractivity contribution is 5.36. The van der Waals surface area contributed by atoms with Crippen LogP contribution in [0.15, 0.2) is 60.7 Å². The topological polar surface area (TPSA) is 107 Å². The highest BCUT2D eigenvalue weighted by Crippen LogP contribution is 2.36. The lowest BCUT2D eigenvalue weighted by Crippen LogP contribution is -2.55. The molecule has 0 spiro atoms. The summed E-state index contributed by atoms with van der Waals surface area (Å²) in [6.45, 7) is 4.54. The zero-order valence-electron chi connectivity index (χ0n) is 18.2. The first-order valence-corrected chi connectivity index (χ1v) is 10.7. The van der Waals surface area contributed by atoms with Crippen molar-refractivity contribution in [2.45, 2.75) is 44.6 Å². The summed E-state index contributed by atoms with van der Waals surface area (Å²) in [7, 11) is 0. The second kappa shape index (κ2) is 8.95. The summed E-state index contributed by atoms with van der Waals surface area (Å²) < 4.78 is 7.61. The Morgan fingerprint density at radius 1 is 1.12 bits per heavy atom. The number of aromatic nitrogens is 2. The smallest absolute Gasteiger partial charge is 0.215 e. The van der Waals surface area contributed by atoms with Crippen LogP contribution >= 0.6 is 0 Å². The molecule has 4 rings (SSSR count). The highest BCUT2D eigenvalue weighted by Gasteiger charge is 2.45. The van der Waals surface area contributed by atoms with Gasteiger partial charge in [-0.1, -0.05) is 60.7 Å². The van der Waals surface area contributed by atoms with E-state index in [1.165, 1.54) is 5.56 Å². The third-order valence-corrected chi connectivity index (χ3v) is 5.79. The van der Waals surface area contributed by atoms with Gasteiger partial charge in [-0.2, -0.15) is 5.26 Å². The number of rotatable bonds is 6. The predicted molar refractivity (Wildman–Crippen MR) is 120 cm³/mol. The monoisotopic (exact) mass is 429 g/mol. The van der Waals surface area contributed by atoms with Crippen LogP contribution in [0.25, 0.3) is 0 Å². The molecule has 32 heavy (non-hydrogen) atoms. The minimum atomic E-state index is -0.923. The first-order chi connectivity index (χ1) is 15.4. The van der Waals surface area contributed by atoms with Gasteiger partial charge >= 0.3 is 0 Å². The fourth-order valence-corrected chi connectivity index (χ4v) is 3.99. The van der Waals surface area contributed by atoms with Crippen molar-refractivity contribution >= 4 is 0 Å². The van der Waals surface area contributed by atoms with Crippen LogP contribution in [0, 0.1) is 16.7 Å². The first kappa shape index (κ1) is 21.8. The van der Waals surface area contributed by atoms with Gasteiger partial charge in [0.25, 0.3) is 0 Å². The lowest BCUT2D eigenvalue weighted by molar-refractivity contribution is -0.0677. The molecule has 1 aromatic heterocycles. The van der Waals surface area contributed by atoms with E-state index in [-0.39, 0.29) is 11.3 Å². The summed E-state index contributed by atoms with van der Waals surface area (Å²) in [4.78, 5) is 4.55. The number of hydrogen-bond donors (Lipinski definition) is 3. The van der Waals surface area contributed by atoms with E-state index < -0.39 is 17.7 Å². The van der Waals surface area contributed by atoms with Gasteiger partial charge in [-0.3, -0.25) is 9.98 Å². The molecule has 0 fully saturated rings. The van der Waals surface area contributed by atoms with Crippen molar-refractivity contribution in [2.75, 3.05) is 6.54 Å². The van der Waals surface area contributed by atoms with E-state index in [1.807, 2.05) is 48.5 Å². The zero-order chi connectivity index (χ0) is 22.7. The number of nitrogens with zero attached hydrogens (tertiary/aromatic N) is 3. The summed E-state index contributed by atoms with van der Waals surface area (Å²) in [5.74, 6) is 0.412. The van der Waals surface area contributed by atoms with E-state index in [0.29, 0.717) is 24.5 Å². The number of hydrogen-bond acceptors (Lipinski definition) is 6. The normalized spacial score (nSPS) is 18.9. The third kappa shape index (κ3) is 4.28. The van der Waals surface area contributed by atoms with Crippen LogP contribution < -0.4 is 15.5 Å². The van der Waals surface area contributed by atoms with Gasteiger partial charge in [0.2, 0.25) is 5.82 Å². The average molecular weight is 430 g/mol. The summed E-state index contributed by atoms with van der Waals surface area (Å²) >= 11 is 0. The zero-order valence-corrected chi connectivity index (χ0v) is 18.2. The van der Waals surface area contributed by atoms with Gasteiger partial charge in [-0.25, -0.2) is 4.98 Å². The van der Waals surface area contributed by atoms with Crippen molar-refractivity contribution in [2.24, 2.45) is 0 Å². The number of ether oxygens (including phenoxy) is 1. The largest absolute Gasteiger partial charge is 0.479 e. The van der Waals surface area contributed by atoms with Crippen LogP contribution in [-0.2, 0) is 13.0 Å². The number of aliphatic hydroxyl groups excluding tert-OH is 1. The van der Waals surface area contributed by atoms with Crippen molar-refractivity contribution in [3.05, 3.63) is 88.8 Å². The second-order valence-electron chi connectivity index (χ2n) is 8.50. The molecule has 0 bridgehead atoms. The molecule has 3 N–H and O–H groups in total. The maximum Gasteiger partial charge on any atom is 0.215 e. The second-order valence-corrected chi connectivity index (χ2v) is 8.50.